The number of fused-ring (bicyclic) bond motifs is 1. The summed E-state index contributed by atoms with van der Waals surface area (Å²) in [5.41, 5.74) is 0. The molecule has 0 spiro atoms. The summed E-state index contributed by atoms with van der Waals surface area (Å²) in [4.78, 5) is 50.5. The molecule has 130 valence electrons. The second-order valence-corrected chi connectivity index (χ2v) is 6.58. The molecule has 2 aliphatic rings. The van der Waals surface area contributed by atoms with Crippen LogP contribution in [-0.4, -0.2) is 55.3 Å². The molecule has 2 saturated carbocycles. The number of carbonyl (C=O) groups excluding carboxylic acids is 4. The molecule has 1 amide bonds. The van der Waals surface area contributed by atoms with Gasteiger partial charge in [0.25, 0.3) is 0 Å². The molecule has 0 bridgehead atoms. The third kappa shape index (κ3) is 4.85. The minimum absolute atomic E-state index is 0. The van der Waals surface area contributed by atoms with Gasteiger partial charge in [-0.15, -0.1) is 12.4 Å². The van der Waals surface area contributed by atoms with E-state index in [4.69, 9.17) is 0 Å². The number of ketones is 3. The summed E-state index contributed by atoms with van der Waals surface area (Å²) >= 11 is 0. The smallest absolute Gasteiger partial charge is 0.221 e. The summed E-state index contributed by atoms with van der Waals surface area (Å²) < 4.78 is 0. The van der Waals surface area contributed by atoms with Crippen molar-refractivity contribution in [3.63, 3.8) is 0 Å². The molecule has 23 heavy (non-hydrogen) atoms. The molecule has 2 aliphatic carbocycles. The number of likely N-dealkylation sites (N-methyl/N-ethyl adjacent to an activating group) is 1. The molecule has 1 N–H and O–H groups in total. The first-order valence-electron chi connectivity index (χ1n) is 7.90. The fourth-order valence-electron chi connectivity index (χ4n) is 3.40. The van der Waals surface area contributed by atoms with Gasteiger partial charge in [0.15, 0.2) is 5.78 Å². The van der Waals surface area contributed by atoms with Crippen LogP contribution < -0.4 is 5.32 Å². The summed E-state index contributed by atoms with van der Waals surface area (Å²) in [5.74, 6) is -2.55. The molecular weight excluding hydrogens is 320 g/mol. The van der Waals surface area contributed by atoms with E-state index in [1.54, 1.807) is 0 Å². The number of hydrogen-bond donors (Lipinski definition) is 1. The van der Waals surface area contributed by atoms with E-state index in [9.17, 15) is 19.2 Å². The molecule has 0 aromatic carbocycles. The highest BCUT2D eigenvalue weighted by molar-refractivity contribution is 6.15. The highest BCUT2D eigenvalue weighted by Crippen LogP contribution is 2.38. The Morgan fingerprint density at radius 3 is 2.57 bits per heavy atom. The third-order valence-electron chi connectivity index (χ3n) is 4.59. The molecule has 0 heterocycles. The molecule has 3 unspecified atom stereocenters. The first-order valence-corrected chi connectivity index (χ1v) is 7.90. The fraction of sp³-hybridized carbons (Fsp3) is 0.750. The van der Waals surface area contributed by atoms with Crippen molar-refractivity contribution in [3.8, 4) is 0 Å². The molecule has 0 aliphatic heterocycles. The van der Waals surface area contributed by atoms with E-state index in [1.165, 1.54) is 0 Å². The van der Waals surface area contributed by atoms with Gasteiger partial charge < -0.3 is 10.2 Å². The Hall–Kier alpha value is -1.27. The largest absolute Gasteiger partial charge is 0.355 e. The minimum atomic E-state index is -0.928. The average Bonchev–Trinajstić information content (AvgIpc) is 2.42. The summed E-state index contributed by atoms with van der Waals surface area (Å²) in [5, 5.41) is 2.72. The van der Waals surface area contributed by atoms with Crippen LogP contribution in [-0.2, 0) is 19.2 Å². The van der Waals surface area contributed by atoms with Gasteiger partial charge in [-0.3, -0.25) is 19.2 Å². The molecule has 3 atom stereocenters. The van der Waals surface area contributed by atoms with Crippen molar-refractivity contribution in [2.24, 2.45) is 17.8 Å². The van der Waals surface area contributed by atoms with Crippen molar-refractivity contribution in [1.29, 1.82) is 0 Å². The molecular formula is C16H25ClN2O4. The molecule has 0 aromatic rings. The molecule has 0 radical (unpaired) electrons. The van der Waals surface area contributed by atoms with Gasteiger partial charge in [0.05, 0.1) is 11.8 Å². The van der Waals surface area contributed by atoms with E-state index in [-0.39, 0.29) is 54.4 Å². The van der Waals surface area contributed by atoms with Crippen LogP contribution in [0.5, 0.6) is 0 Å². The first kappa shape index (κ1) is 19.8. The topological polar surface area (TPSA) is 83.6 Å². The number of halogens is 1. The van der Waals surface area contributed by atoms with Gasteiger partial charge in [-0.25, -0.2) is 0 Å². The van der Waals surface area contributed by atoms with Crippen LogP contribution in [0.3, 0.4) is 0 Å². The second-order valence-electron chi connectivity index (χ2n) is 6.58. The predicted molar refractivity (Wildman–Crippen MR) is 87.4 cm³/mol. The predicted octanol–water partition coefficient (Wildman–Crippen LogP) is 0.620. The fourth-order valence-corrected chi connectivity index (χ4v) is 3.40. The lowest BCUT2D eigenvalue weighted by Gasteiger charge is -2.35. The monoisotopic (exact) mass is 344 g/mol. The van der Waals surface area contributed by atoms with Crippen LogP contribution >= 0.6 is 12.4 Å². The molecule has 2 fully saturated rings. The Kier molecular flexibility index (Phi) is 7.35. The van der Waals surface area contributed by atoms with Crippen molar-refractivity contribution < 1.29 is 19.2 Å². The summed E-state index contributed by atoms with van der Waals surface area (Å²) in [6, 6.07) is 0. The van der Waals surface area contributed by atoms with E-state index < -0.39 is 11.8 Å². The van der Waals surface area contributed by atoms with Crippen LogP contribution in [0.4, 0.5) is 0 Å². The molecule has 6 nitrogen and oxygen atoms in total. The molecule has 7 heteroatoms. The zero-order valence-corrected chi connectivity index (χ0v) is 14.5. The Morgan fingerprint density at radius 1 is 1.22 bits per heavy atom. The van der Waals surface area contributed by atoms with Crippen LogP contribution in [0.2, 0.25) is 0 Å². The van der Waals surface area contributed by atoms with Crippen LogP contribution in [0, 0.1) is 17.8 Å². The quantitative estimate of drug-likeness (QED) is 0.739. The zero-order valence-electron chi connectivity index (χ0n) is 13.7. The summed E-state index contributed by atoms with van der Waals surface area (Å²) in [6.45, 7) is 1.17. The lowest BCUT2D eigenvalue weighted by Crippen LogP contribution is -2.48. The number of hydrogen-bond acceptors (Lipinski definition) is 5. The standard InChI is InChI=1S/C16H24N2O4.ClH/c1-18(2)7-6-17-14(21)9-11-13(20)8-10-4-3-5-12(19)15(10)16(11)22;/h10-11,15H,3-9H2,1-2H3,(H,17,21);1H. The molecule has 2 rings (SSSR count). The van der Waals surface area contributed by atoms with Gasteiger partial charge in [-0.2, -0.15) is 0 Å². The maximum Gasteiger partial charge on any atom is 0.221 e. The summed E-state index contributed by atoms with van der Waals surface area (Å²) in [7, 11) is 3.80. The van der Waals surface area contributed by atoms with Crippen molar-refractivity contribution >= 4 is 35.7 Å². The highest BCUT2D eigenvalue weighted by Gasteiger charge is 2.47. The minimum Gasteiger partial charge on any atom is -0.355 e. The average molecular weight is 345 g/mol. The van der Waals surface area contributed by atoms with Crippen molar-refractivity contribution in [3.05, 3.63) is 0 Å². The Labute approximate surface area is 142 Å². The van der Waals surface area contributed by atoms with E-state index in [0.29, 0.717) is 19.5 Å². The van der Waals surface area contributed by atoms with Crippen molar-refractivity contribution in [2.75, 3.05) is 27.2 Å². The Bertz CT molecular complexity index is 492. The lowest BCUT2D eigenvalue weighted by molar-refractivity contribution is -0.149. The van der Waals surface area contributed by atoms with Gasteiger partial charge in [-0.05, 0) is 32.9 Å². The second kappa shape index (κ2) is 8.55. The normalized spacial score (nSPS) is 27.4. The highest BCUT2D eigenvalue weighted by atomic mass is 35.5. The SMILES string of the molecule is CN(C)CCNC(=O)CC1C(=O)CC2CCCC(=O)C2C1=O.Cl. The number of rotatable bonds is 5. The Morgan fingerprint density at radius 2 is 1.91 bits per heavy atom. The zero-order chi connectivity index (χ0) is 16.3. The maximum atomic E-state index is 12.5. The van der Waals surface area contributed by atoms with Crippen LogP contribution in [0.15, 0.2) is 0 Å². The number of Topliss-reactive ketones (excluding diaryl/α,β-unsaturated/α-hetero) is 3. The Balaban J connectivity index is 0.00000264. The van der Waals surface area contributed by atoms with Gasteiger partial charge in [0, 0.05) is 32.4 Å². The molecule has 0 saturated heterocycles. The number of amides is 1. The first-order chi connectivity index (χ1) is 10.4. The van der Waals surface area contributed by atoms with Gasteiger partial charge >= 0.3 is 0 Å². The van der Waals surface area contributed by atoms with Crippen molar-refractivity contribution in [1.82, 2.24) is 10.2 Å². The van der Waals surface area contributed by atoms with Crippen molar-refractivity contribution in [2.45, 2.75) is 32.1 Å². The maximum absolute atomic E-state index is 12.5. The van der Waals surface area contributed by atoms with E-state index in [1.807, 2.05) is 19.0 Å². The number of carbonyl (C=O) groups is 4. The van der Waals surface area contributed by atoms with Crippen LogP contribution in [0.1, 0.15) is 32.1 Å². The van der Waals surface area contributed by atoms with E-state index >= 15 is 0 Å². The van der Waals surface area contributed by atoms with Crippen LogP contribution in [0.25, 0.3) is 0 Å². The van der Waals surface area contributed by atoms with E-state index in [2.05, 4.69) is 5.32 Å². The van der Waals surface area contributed by atoms with E-state index in [0.717, 1.165) is 12.8 Å². The third-order valence-corrected chi connectivity index (χ3v) is 4.59. The number of nitrogens with zero attached hydrogens (tertiary/aromatic N) is 1. The number of nitrogens with one attached hydrogen (secondary N) is 1. The molecule has 0 aromatic heterocycles. The van der Waals surface area contributed by atoms with Gasteiger partial charge in [0.2, 0.25) is 5.91 Å². The summed E-state index contributed by atoms with van der Waals surface area (Å²) in [6.07, 6.45) is 2.08. The van der Waals surface area contributed by atoms with Gasteiger partial charge in [0.1, 0.15) is 11.6 Å². The lowest BCUT2D eigenvalue weighted by atomic mass is 9.65. The van der Waals surface area contributed by atoms with Gasteiger partial charge in [-0.1, -0.05) is 0 Å².